The number of unbranched alkanes of at least 4 members (excludes halogenated alkanes) is 33. The third-order valence-electron chi connectivity index (χ3n) is 16.7. The quantitative estimate of drug-likeness (QED) is 0.0280. The molecule has 3 fully saturated rings. The minimum atomic E-state index is -1.97. The zero-order valence-electron chi connectivity index (χ0n) is 49.6. The zero-order chi connectivity index (χ0) is 58.3. The first-order chi connectivity index (χ1) is 38.8. The van der Waals surface area contributed by atoms with Gasteiger partial charge in [0.25, 0.3) is 0 Å². The molecule has 19 nitrogen and oxygen atoms in total. The molecule has 3 aliphatic heterocycles. The molecule has 1 amide bonds. The van der Waals surface area contributed by atoms with E-state index in [0.717, 1.165) is 44.9 Å². The lowest BCUT2D eigenvalue weighted by Gasteiger charge is -2.48. The number of rotatable bonds is 49. The molecule has 0 aromatic rings. The molecule has 0 bridgehead atoms. The van der Waals surface area contributed by atoms with Crippen LogP contribution in [0.4, 0.5) is 0 Å². The zero-order valence-corrected chi connectivity index (χ0v) is 49.6. The largest absolute Gasteiger partial charge is 0.394 e. The number of hydrogen-bond donors (Lipinski definition) is 12. The monoisotopic (exact) mass is 1150 g/mol. The van der Waals surface area contributed by atoms with Crippen LogP contribution in [0, 0.1) is 0 Å². The van der Waals surface area contributed by atoms with E-state index in [4.69, 9.17) is 28.4 Å². The third kappa shape index (κ3) is 28.3. The topological polar surface area (TPSA) is 307 Å². The van der Waals surface area contributed by atoms with Crippen molar-refractivity contribution in [3.8, 4) is 0 Å². The highest BCUT2D eigenvalue weighted by Gasteiger charge is 2.53. The number of carbonyl (C=O) groups excluding carboxylic acids is 1. The summed E-state index contributed by atoms with van der Waals surface area (Å²) in [5.74, 6) is -0.238. The molecular weight excluding hydrogens is 1030 g/mol. The maximum atomic E-state index is 13.4. The van der Waals surface area contributed by atoms with Crippen molar-refractivity contribution in [3.05, 3.63) is 0 Å². The van der Waals surface area contributed by atoms with E-state index in [-0.39, 0.29) is 18.9 Å². The lowest BCUT2D eigenvalue weighted by Crippen LogP contribution is -2.66. The van der Waals surface area contributed by atoms with E-state index in [2.05, 4.69) is 19.2 Å². The predicted molar refractivity (Wildman–Crippen MR) is 305 cm³/mol. The number of aliphatic hydroxyl groups excluding tert-OH is 11. The molecule has 12 N–H and O–H groups in total. The second kappa shape index (κ2) is 45.2. The Morgan fingerprint density at radius 2 is 0.713 bits per heavy atom. The van der Waals surface area contributed by atoms with Crippen LogP contribution in [0.15, 0.2) is 0 Å². The Morgan fingerprint density at radius 1 is 0.400 bits per heavy atom. The Hall–Kier alpha value is -1.21. The van der Waals surface area contributed by atoms with Crippen LogP contribution in [-0.4, -0.2) is 193 Å². The Morgan fingerprint density at radius 3 is 1.09 bits per heavy atom. The highest BCUT2D eigenvalue weighted by atomic mass is 16.8. The summed E-state index contributed by atoms with van der Waals surface area (Å²) < 4.78 is 34.4. The molecule has 0 aliphatic carbocycles. The second-order valence-corrected chi connectivity index (χ2v) is 23.6. The third-order valence-corrected chi connectivity index (χ3v) is 16.7. The fourth-order valence-electron chi connectivity index (χ4n) is 11.4. The van der Waals surface area contributed by atoms with Gasteiger partial charge in [-0.1, -0.05) is 232 Å². The average molecular weight is 1150 g/mol. The summed E-state index contributed by atoms with van der Waals surface area (Å²) in [5.41, 5.74) is 0. The SMILES string of the molecule is CCCCCCCCCCCCCCCCCCCCCCC(O)C(COC1OC(CO)C(OC2OC(CO)C(OC3OC(CO)C(O)C(O)C3O)C(O)C2O)C(O)C1O)NC(=O)CCCCCCCCCCCCCCCCC. The summed E-state index contributed by atoms with van der Waals surface area (Å²) >= 11 is 0. The van der Waals surface area contributed by atoms with Crippen LogP contribution in [0.2, 0.25) is 0 Å². The molecule has 3 heterocycles. The molecule has 0 spiro atoms. The summed E-state index contributed by atoms with van der Waals surface area (Å²) in [6, 6.07) is -0.880. The summed E-state index contributed by atoms with van der Waals surface area (Å²) in [6.45, 7) is 1.82. The molecule has 17 unspecified atom stereocenters. The van der Waals surface area contributed by atoms with E-state index >= 15 is 0 Å². The van der Waals surface area contributed by atoms with Crippen LogP contribution in [0.5, 0.6) is 0 Å². The highest BCUT2D eigenvalue weighted by Crippen LogP contribution is 2.33. The van der Waals surface area contributed by atoms with Crippen LogP contribution in [0.3, 0.4) is 0 Å². The molecule has 0 radical (unpaired) electrons. The van der Waals surface area contributed by atoms with Gasteiger partial charge in [-0.15, -0.1) is 0 Å². The first kappa shape index (κ1) is 73.0. The minimum Gasteiger partial charge on any atom is -0.394 e. The van der Waals surface area contributed by atoms with E-state index < -0.39 is 124 Å². The van der Waals surface area contributed by atoms with Crippen molar-refractivity contribution in [2.45, 2.75) is 356 Å². The van der Waals surface area contributed by atoms with E-state index in [1.54, 1.807) is 0 Å². The molecule has 3 saturated heterocycles. The normalized spacial score (nSPS) is 29.9. The van der Waals surface area contributed by atoms with Gasteiger partial charge in [0, 0.05) is 6.42 Å². The maximum Gasteiger partial charge on any atom is 0.220 e. The van der Waals surface area contributed by atoms with Crippen molar-refractivity contribution in [1.29, 1.82) is 0 Å². The number of ether oxygens (including phenoxy) is 6. The van der Waals surface area contributed by atoms with Gasteiger partial charge in [0.15, 0.2) is 18.9 Å². The lowest BCUT2D eigenvalue weighted by atomic mass is 9.96. The van der Waals surface area contributed by atoms with Gasteiger partial charge in [-0.3, -0.25) is 4.79 Å². The van der Waals surface area contributed by atoms with Crippen molar-refractivity contribution < 1.29 is 89.4 Å². The van der Waals surface area contributed by atoms with Gasteiger partial charge in [0.05, 0.1) is 38.6 Å². The fraction of sp³-hybridized carbons (Fsp3) is 0.984. The standard InChI is InChI=1S/C61H117NO18/c1-3-5-7-9-11-13-15-17-19-20-21-22-23-25-26-28-30-32-34-36-38-45(66)44(62-49(67)39-37-35-33-31-29-27-24-18-16-14-12-10-8-6-4-2)43-75-59-55(73)52(70)57(47(41-64)77-59)80-61-56(74)53(71)58(48(42-65)78-61)79-60-54(72)51(69)50(68)46(40-63)76-60/h44-48,50-61,63-66,68-74H,3-43H2,1-2H3,(H,62,67). The molecule has 0 aromatic carbocycles. The molecule has 19 heteroatoms. The number of carbonyl (C=O) groups is 1. The maximum absolute atomic E-state index is 13.4. The van der Waals surface area contributed by atoms with Gasteiger partial charge in [0.1, 0.15) is 73.2 Å². The average Bonchev–Trinajstić information content (AvgIpc) is 3.49. The number of nitrogens with one attached hydrogen (secondary N) is 1. The van der Waals surface area contributed by atoms with Crippen LogP contribution in [0.1, 0.15) is 251 Å². The van der Waals surface area contributed by atoms with Gasteiger partial charge < -0.3 is 89.9 Å². The van der Waals surface area contributed by atoms with E-state index in [0.29, 0.717) is 12.8 Å². The fourth-order valence-corrected chi connectivity index (χ4v) is 11.4. The number of hydrogen-bond acceptors (Lipinski definition) is 18. The molecule has 0 saturated carbocycles. The van der Waals surface area contributed by atoms with Crippen molar-refractivity contribution in [1.82, 2.24) is 5.32 Å². The van der Waals surface area contributed by atoms with Gasteiger partial charge in [-0.05, 0) is 12.8 Å². The van der Waals surface area contributed by atoms with Crippen LogP contribution in [-0.2, 0) is 33.2 Å². The molecule has 474 valence electrons. The smallest absolute Gasteiger partial charge is 0.220 e. The first-order valence-electron chi connectivity index (χ1n) is 32.3. The van der Waals surface area contributed by atoms with Crippen LogP contribution < -0.4 is 5.32 Å². The lowest BCUT2D eigenvalue weighted by molar-refractivity contribution is -0.379. The second-order valence-electron chi connectivity index (χ2n) is 23.6. The van der Waals surface area contributed by atoms with Gasteiger partial charge in [-0.2, -0.15) is 0 Å². The molecule has 80 heavy (non-hydrogen) atoms. The van der Waals surface area contributed by atoms with Gasteiger partial charge in [-0.25, -0.2) is 0 Å². The molecule has 17 atom stereocenters. The van der Waals surface area contributed by atoms with Gasteiger partial charge in [0.2, 0.25) is 5.91 Å². The van der Waals surface area contributed by atoms with Crippen molar-refractivity contribution in [2.24, 2.45) is 0 Å². The Bertz CT molecular complexity index is 1470. The van der Waals surface area contributed by atoms with E-state index in [1.165, 1.54) is 173 Å². The Kier molecular flexibility index (Phi) is 41.2. The van der Waals surface area contributed by atoms with Crippen molar-refractivity contribution in [2.75, 3.05) is 26.4 Å². The summed E-state index contributed by atoms with van der Waals surface area (Å²) in [7, 11) is 0. The number of amides is 1. The summed E-state index contributed by atoms with van der Waals surface area (Å²) in [4.78, 5) is 13.4. The van der Waals surface area contributed by atoms with Crippen molar-refractivity contribution in [3.63, 3.8) is 0 Å². The summed E-state index contributed by atoms with van der Waals surface area (Å²) in [5, 5.41) is 120. The molecule has 0 aromatic heterocycles. The molecule has 3 aliphatic rings. The highest BCUT2D eigenvalue weighted by molar-refractivity contribution is 5.76. The van der Waals surface area contributed by atoms with Crippen molar-refractivity contribution >= 4 is 5.91 Å². The van der Waals surface area contributed by atoms with Crippen LogP contribution >= 0.6 is 0 Å². The first-order valence-corrected chi connectivity index (χ1v) is 32.3. The minimum absolute atomic E-state index is 0.238. The Balaban J connectivity index is 1.46. The summed E-state index contributed by atoms with van der Waals surface area (Å²) in [6.07, 6.45) is 17.5. The van der Waals surface area contributed by atoms with E-state index in [1.807, 2.05) is 0 Å². The molecule has 3 rings (SSSR count). The predicted octanol–water partition coefficient (Wildman–Crippen LogP) is 6.77. The molecular formula is C61H117NO18. The number of aliphatic hydroxyl groups is 11. The van der Waals surface area contributed by atoms with E-state index in [9.17, 15) is 61.0 Å². The van der Waals surface area contributed by atoms with Crippen LogP contribution in [0.25, 0.3) is 0 Å². The Labute approximate surface area is 481 Å². The van der Waals surface area contributed by atoms with Gasteiger partial charge >= 0.3 is 0 Å².